The van der Waals surface area contributed by atoms with Crippen LogP contribution in [0.3, 0.4) is 0 Å². The molecule has 0 spiro atoms. The fraction of sp³-hybridized carbons (Fsp3) is 0.792. The number of nitrogens with one attached hydrogen (secondary N) is 4. The second-order valence-corrected chi connectivity index (χ2v) is 10.5. The van der Waals surface area contributed by atoms with Crippen molar-refractivity contribution in [1.82, 2.24) is 26.3 Å². The Morgan fingerprint density at radius 1 is 0.774 bits per heavy atom. The normalized spacial score (nSPS) is 30.5. The van der Waals surface area contributed by atoms with Crippen LogP contribution in [0.4, 0.5) is 0 Å². The Morgan fingerprint density at radius 2 is 1.26 bits per heavy atom. The van der Waals surface area contributed by atoms with E-state index in [1.54, 1.807) is 0 Å². The van der Waals surface area contributed by atoms with Crippen molar-refractivity contribution in [2.24, 2.45) is 0 Å². The maximum Gasteiger partial charge on any atom is 0.0556 e. The molecule has 1 aliphatic heterocycles. The summed E-state index contributed by atoms with van der Waals surface area (Å²) in [6.45, 7) is 4.00. The van der Waals surface area contributed by atoms with Gasteiger partial charge < -0.3 is 26.4 Å². The summed E-state index contributed by atoms with van der Waals surface area (Å²) in [4.78, 5) is 6.30. The van der Waals surface area contributed by atoms with Gasteiger partial charge in [0, 0.05) is 67.6 Å². The van der Waals surface area contributed by atoms with E-state index < -0.39 is 0 Å². The Labute approximate surface area is 192 Å². The zero-order chi connectivity index (χ0) is 21.3. The number of hydrogen-bond acceptors (Lipinski definition) is 7. The molecule has 2 fully saturated rings. The summed E-state index contributed by atoms with van der Waals surface area (Å²) in [6.07, 6.45) is 11.1. The Bertz CT molecular complexity index is 627. The zero-order valence-corrected chi connectivity index (χ0v) is 19.7. The maximum absolute atomic E-state index is 9.15. The van der Waals surface area contributed by atoms with Crippen LogP contribution in [0, 0.1) is 0 Å². The Hall–Kier alpha value is -0.700. The van der Waals surface area contributed by atoms with Crippen molar-refractivity contribution in [3.63, 3.8) is 0 Å². The summed E-state index contributed by atoms with van der Waals surface area (Å²) >= 11 is 1.84. The molecule has 0 saturated heterocycles. The number of nitrogens with zero attached hydrogens (tertiary/aromatic N) is 1. The third kappa shape index (κ3) is 7.14. The van der Waals surface area contributed by atoms with Crippen molar-refractivity contribution >= 4 is 11.8 Å². The molecule has 2 saturated carbocycles. The molecule has 1 aromatic rings. The lowest BCUT2D eigenvalue weighted by Crippen LogP contribution is -2.53. The molecule has 0 aromatic carbocycles. The first-order chi connectivity index (χ1) is 15.3. The molecular formula is C24H41N5OS. The first-order valence-electron chi connectivity index (χ1n) is 12.5. The van der Waals surface area contributed by atoms with Crippen LogP contribution in [0.15, 0.2) is 17.0 Å². The van der Waals surface area contributed by atoms with E-state index in [1.807, 2.05) is 11.8 Å². The highest BCUT2D eigenvalue weighted by molar-refractivity contribution is 7.99. The van der Waals surface area contributed by atoms with E-state index in [0.29, 0.717) is 24.2 Å². The SMILES string of the molecule is OCCCSc1cc2nc(c1)CN[C@@H]1CCCC[C@H]1NCCNC1CCCC[C@H]1NC2. The molecule has 1 unspecified atom stereocenters. The van der Waals surface area contributed by atoms with E-state index in [-0.39, 0.29) is 6.61 Å². The third-order valence-electron chi connectivity index (χ3n) is 7.04. The lowest BCUT2D eigenvalue weighted by molar-refractivity contribution is 0.266. The lowest BCUT2D eigenvalue weighted by atomic mass is 9.89. The van der Waals surface area contributed by atoms with Gasteiger partial charge in [0.05, 0.1) is 11.4 Å². The summed E-state index contributed by atoms with van der Waals surface area (Å²) < 4.78 is 0. The van der Waals surface area contributed by atoms with Crippen LogP contribution in [-0.4, -0.2) is 59.7 Å². The predicted molar refractivity (Wildman–Crippen MR) is 128 cm³/mol. The zero-order valence-electron chi connectivity index (χ0n) is 18.9. The first-order valence-corrected chi connectivity index (χ1v) is 13.5. The number of thioether (sulfide) groups is 1. The molecule has 2 heterocycles. The van der Waals surface area contributed by atoms with Gasteiger partial charge in [0.2, 0.25) is 0 Å². The van der Waals surface area contributed by atoms with E-state index in [2.05, 4.69) is 33.4 Å². The van der Waals surface area contributed by atoms with Crippen LogP contribution in [0.1, 0.15) is 69.2 Å². The van der Waals surface area contributed by atoms with Crippen molar-refractivity contribution in [2.45, 2.75) is 99.9 Å². The fourth-order valence-corrected chi connectivity index (χ4v) is 6.31. The number of aliphatic hydroxyl groups excluding tert-OH is 1. The van der Waals surface area contributed by atoms with Crippen molar-refractivity contribution in [3.05, 3.63) is 23.5 Å². The summed E-state index contributed by atoms with van der Waals surface area (Å²) in [5.41, 5.74) is 2.28. The van der Waals surface area contributed by atoms with Gasteiger partial charge in [0.1, 0.15) is 0 Å². The van der Waals surface area contributed by atoms with Crippen molar-refractivity contribution in [1.29, 1.82) is 0 Å². The van der Waals surface area contributed by atoms with Gasteiger partial charge in [-0.25, -0.2) is 0 Å². The van der Waals surface area contributed by atoms with Crippen LogP contribution in [0.5, 0.6) is 0 Å². The Morgan fingerprint density at radius 3 is 1.74 bits per heavy atom. The average Bonchev–Trinajstić information content (AvgIpc) is 2.80. The van der Waals surface area contributed by atoms with Gasteiger partial charge in [-0.2, -0.15) is 0 Å². The molecule has 4 rings (SSSR count). The molecule has 31 heavy (non-hydrogen) atoms. The van der Waals surface area contributed by atoms with Crippen LogP contribution in [0.2, 0.25) is 0 Å². The minimum atomic E-state index is 0.257. The Kier molecular flexibility index (Phi) is 9.47. The molecule has 5 N–H and O–H groups in total. The van der Waals surface area contributed by atoms with Gasteiger partial charge >= 0.3 is 0 Å². The van der Waals surface area contributed by atoms with Crippen LogP contribution in [-0.2, 0) is 13.1 Å². The highest BCUT2D eigenvalue weighted by Crippen LogP contribution is 2.24. The molecular weight excluding hydrogens is 406 g/mol. The topological polar surface area (TPSA) is 81.2 Å². The van der Waals surface area contributed by atoms with Crippen molar-refractivity contribution in [2.75, 3.05) is 25.4 Å². The second-order valence-electron chi connectivity index (χ2n) is 9.38. The molecule has 0 radical (unpaired) electrons. The first kappa shape index (κ1) is 23.5. The van der Waals surface area contributed by atoms with Crippen LogP contribution in [0.25, 0.3) is 0 Å². The predicted octanol–water partition coefficient (Wildman–Crippen LogP) is 2.55. The number of aliphatic hydroxyl groups is 1. The van der Waals surface area contributed by atoms with Gasteiger partial charge in [0.25, 0.3) is 0 Å². The van der Waals surface area contributed by atoms with Gasteiger partial charge in [-0.05, 0) is 44.2 Å². The number of hydrogen-bond donors (Lipinski definition) is 5. The summed E-state index contributed by atoms with van der Waals surface area (Å²) in [5.74, 6) is 0.948. The van der Waals surface area contributed by atoms with Gasteiger partial charge in [0.15, 0.2) is 0 Å². The van der Waals surface area contributed by atoms with Gasteiger partial charge in [-0.3, -0.25) is 4.98 Å². The van der Waals surface area contributed by atoms with E-state index in [4.69, 9.17) is 10.1 Å². The quantitative estimate of drug-likeness (QED) is 0.358. The lowest BCUT2D eigenvalue weighted by Gasteiger charge is -2.34. The van der Waals surface area contributed by atoms with Crippen LogP contribution >= 0.6 is 11.8 Å². The van der Waals surface area contributed by atoms with Crippen molar-refractivity contribution in [3.8, 4) is 0 Å². The molecule has 1 aromatic heterocycles. The molecule has 2 aliphatic carbocycles. The smallest absolute Gasteiger partial charge is 0.0556 e. The van der Waals surface area contributed by atoms with Crippen LogP contribution < -0.4 is 21.3 Å². The molecule has 7 heteroatoms. The number of rotatable bonds is 4. The monoisotopic (exact) mass is 447 g/mol. The standard InChI is InChI=1S/C24H41N5OS/c30-12-5-13-31-20-14-18-16-27-23-8-3-1-6-21(23)25-10-11-26-22-7-2-4-9-24(22)28-17-19(15-20)29-18/h14-15,21-28,30H,1-13,16-17H2/t21-,22?,23-,24-/m1/s1. The minimum absolute atomic E-state index is 0.257. The second kappa shape index (κ2) is 12.5. The molecule has 0 amide bonds. The molecule has 2 bridgehead atoms. The van der Waals surface area contributed by atoms with E-state index >= 15 is 0 Å². The Balaban J connectivity index is 1.51. The molecule has 6 nitrogen and oxygen atoms in total. The summed E-state index contributed by atoms with van der Waals surface area (Å²) in [6, 6.07) is 6.65. The van der Waals surface area contributed by atoms with Gasteiger partial charge in [-0.15, -0.1) is 11.8 Å². The highest BCUT2D eigenvalue weighted by Gasteiger charge is 2.26. The van der Waals surface area contributed by atoms with E-state index in [1.165, 1.54) is 56.3 Å². The molecule has 3 aliphatic rings. The minimum Gasteiger partial charge on any atom is -0.396 e. The number of aromatic nitrogens is 1. The van der Waals surface area contributed by atoms with Crippen molar-refractivity contribution < 1.29 is 5.11 Å². The highest BCUT2D eigenvalue weighted by atomic mass is 32.2. The third-order valence-corrected chi connectivity index (χ3v) is 8.10. The van der Waals surface area contributed by atoms with Gasteiger partial charge in [-0.1, -0.05) is 25.7 Å². The largest absolute Gasteiger partial charge is 0.396 e. The molecule has 4 atom stereocenters. The number of pyridine rings is 1. The number of fused-ring (bicyclic) bond motifs is 4. The average molecular weight is 448 g/mol. The van der Waals surface area contributed by atoms with E-state index in [0.717, 1.165) is 49.7 Å². The maximum atomic E-state index is 9.15. The summed E-state index contributed by atoms with van der Waals surface area (Å²) in [7, 11) is 0. The molecule has 174 valence electrons. The fourth-order valence-electron chi connectivity index (χ4n) is 5.36. The summed E-state index contributed by atoms with van der Waals surface area (Å²) in [5, 5.41) is 24.5. The van der Waals surface area contributed by atoms with E-state index in [9.17, 15) is 0 Å².